The molecule has 2 rings (SSSR count). The normalized spacial score (nSPS) is 8.07. The summed E-state index contributed by atoms with van der Waals surface area (Å²) in [7, 11) is 0. The van der Waals surface area contributed by atoms with E-state index in [1.165, 1.54) is 16.7 Å². The monoisotopic (exact) mass is 405 g/mol. The predicted octanol–water partition coefficient (Wildman–Crippen LogP) is -2.61. The zero-order valence-corrected chi connectivity index (χ0v) is 13.5. The molecular formula is C12H11Cl2Hf-3. The van der Waals surface area contributed by atoms with Gasteiger partial charge in [-0.15, -0.1) is 29.8 Å². The van der Waals surface area contributed by atoms with Gasteiger partial charge in [-0.1, -0.05) is 23.3 Å². The molecule has 0 aliphatic rings. The molecule has 0 aliphatic carbocycles. The molecule has 2 aromatic rings. The van der Waals surface area contributed by atoms with E-state index in [4.69, 9.17) is 0 Å². The van der Waals surface area contributed by atoms with Crippen molar-refractivity contribution in [2.75, 3.05) is 0 Å². The fourth-order valence-electron chi connectivity index (χ4n) is 1.39. The first-order chi connectivity index (χ1) is 5.86. The van der Waals surface area contributed by atoms with Gasteiger partial charge in [0.05, 0.1) is 0 Å². The van der Waals surface area contributed by atoms with E-state index in [0.717, 1.165) is 0 Å². The van der Waals surface area contributed by atoms with Gasteiger partial charge < -0.3 is 24.8 Å². The van der Waals surface area contributed by atoms with Crippen LogP contribution in [0, 0.1) is 6.92 Å². The molecule has 0 bridgehead atoms. The summed E-state index contributed by atoms with van der Waals surface area (Å²) in [6.07, 6.45) is 0. The van der Waals surface area contributed by atoms with E-state index in [-0.39, 0.29) is 50.7 Å². The van der Waals surface area contributed by atoms with Crippen molar-refractivity contribution in [1.82, 2.24) is 0 Å². The third-order valence-corrected chi connectivity index (χ3v) is 2.01. The Hall–Kier alpha value is 0.0201. The van der Waals surface area contributed by atoms with E-state index in [1.54, 1.807) is 0 Å². The third kappa shape index (κ3) is 4.58. The molecule has 2 aromatic carbocycles. The van der Waals surface area contributed by atoms with Crippen molar-refractivity contribution in [3.63, 3.8) is 0 Å². The van der Waals surface area contributed by atoms with Crippen LogP contribution in [0.25, 0.3) is 11.1 Å². The molecule has 3 heteroatoms. The standard InChI is InChI=1S/C12H11.2ClH.Hf/c1-10-5-4-8-12(9-10)11-6-2-3-7-11;;;/h2-9H,1H3;2*1H;/q-1;;;/p-2. The Morgan fingerprint density at radius 3 is 2.07 bits per heavy atom. The van der Waals surface area contributed by atoms with Crippen LogP contribution < -0.4 is 24.8 Å². The van der Waals surface area contributed by atoms with Crippen molar-refractivity contribution in [2.24, 2.45) is 0 Å². The Balaban J connectivity index is 0. The second kappa shape index (κ2) is 8.20. The van der Waals surface area contributed by atoms with Crippen LogP contribution in [0.5, 0.6) is 0 Å². The quantitative estimate of drug-likeness (QED) is 0.361. The molecule has 0 nitrogen and oxygen atoms in total. The minimum absolute atomic E-state index is 0. The molecule has 0 fully saturated rings. The molecular weight excluding hydrogens is 394 g/mol. The van der Waals surface area contributed by atoms with Gasteiger partial charge in [0.1, 0.15) is 0 Å². The number of halogens is 2. The Bertz CT molecular complexity index is 369. The largest absolute Gasteiger partial charge is 1.00 e. The van der Waals surface area contributed by atoms with Gasteiger partial charge in [-0.2, -0.15) is 12.1 Å². The van der Waals surface area contributed by atoms with Gasteiger partial charge in [0.25, 0.3) is 0 Å². The number of hydrogen-bond donors (Lipinski definition) is 0. The first kappa shape index (κ1) is 17.4. The molecule has 0 saturated carbocycles. The molecule has 0 saturated heterocycles. The number of benzene rings is 1. The molecule has 15 heavy (non-hydrogen) atoms. The summed E-state index contributed by atoms with van der Waals surface area (Å²) >= 11 is 0. The third-order valence-electron chi connectivity index (χ3n) is 2.01. The SMILES string of the molecule is Cc1cccc(-[c-]2cccc2)c1.[Cl-].[Cl-].[Hf]. The Labute approximate surface area is 122 Å². The first-order valence-corrected chi connectivity index (χ1v) is 4.15. The summed E-state index contributed by atoms with van der Waals surface area (Å²) in [5, 5.41) is 0. The van der Waals surface area contributed by atoms with Crippen LogP contribution in [0.4, 0.5) is 0 Å². The second-order valence-corrected chi connectivity index (χ2v) is 3.04. The van der Waals surface area contributed by atoms with Crippen LogP contribution >= 0.6 is 0 Å². The Kier molecular flexibility index (Phi) is 9.53. The molecule has 0 aliphatic heterocycles. The molecule has 0 aromatic heterocycles. The molecule has 0 heterocycles. The molecule has 0 atom stereocenters. The second-order valence-electron chi connectivity index (χ2n) is 3.04. The van der Waals surface area contributed by atoms with Gasteiger partial charge in [0.15, 0.2) is 0 Å². The minimum Gasteiger partial charge on any atom is -1.00 e. The van der Waals surface area contributed by atoms with Gasteiger partial charge >= 0.3 is 0 Å². The van der Waals surface area contributed by atoms with Crippen molar-refractivity contribution >= 4 is 0 Å². The van der Waals surface area contributed by atoms with Gasteiger partial charge in [0, 0.05) is 25.8 Å². The van der Waals surface area contributed by atoms with Crippen molar-refractivity contribution in [2.45, 2.75) is 6.92 Å². The van der Waals surface area contributed by atoms with Crippen LogP contribution in [0.2, 0.25) is 0 Å². The maximum absolute atomic E-state index is 2.20. The molecule has 0 spiro atoms. The number of hydrogen-bond acceptors (Lipinski definition) is 0. The summed E-state index contributed by atoms with van der Waals surface area (Å²) < 4.78 is 0. The zero-order valence-electron chi connectivity index (χ0n) is 8.37. The smallest absolute Gasteiger partial charge is 0 e. The summed E-state index contributed by atoms with van der Waals surface area (Å²) in [6.45, 7) is 2.12. The summed E-state index contributed by atoms with van der Waals surface area (Å²) in [5.41, 5.74) is 3.92. The van der Waals surface area contributed by atoms with Crippen LogP contribution in [-0.4, -0.2) is 0 Å². The predicted molar refractivity (Wildman–Crippen MR) is 52.2 cm³/mol. The Morgan fingerprint density at radius 1 is 0.933 bits per heavy atom. The minimum atomic E-state index is 0. The van der Waals surface area contributed by atoms with Gasteiger partial charge in [0.2, 0.25) is 0 Å². The van der Waals surface area contributed by atoms with E-state index in [0.29, 0.717) is 0 Å². The van der Waals surface area contributed by atoms with Crippen molar-refractivity contribution in [3.8, 4) is 11.1 Å². The topological polar surface area (TPSA) is 0 Å². The molecule has 0 unspecified atom stereocenters. The Morgan fingerprint density at radius 2 is 1.53 bits per heavy atom. The van der Waals surface area contributed by atoms with E-state index in [2.05, 4.69) is 55.5 Å². The molecule has 0 N–H and O–H groups in total. The summed E-state index contributed by atoms with van der Waals surface area (Å²) in [5.74, 6) is 0. The van der Waals surface area contributed by atoms with E-state index in [1.807, 2.05) is 0 Å². The average Bonchev–Trinajstić information content (AvgIpc) is 2.56. The maximum atomic E-state index is 2.20. The number of aryl methyl sites for hydroxylation is 1. The zero-order chi connectivity index (χ0) is 8.39. The van der Waals surface area contributed by atoms with Crippen molar-refractivity contribution in [3.05, 3.63) is 54.1 Å². The van der Waals surface area contributed by atoms with Gasteiger partial charge in [-0.25, -0.2) is 0 Å². The van der Waals surface area contributed by atoms with Crippen LogP contribution in [0.1, 0.15) is 5.56 Å². The molecule has 0 amide bonds. The number of rotatable bonds is 1. The van der Waals surface area contributed by atoms with Gasteiger partial charge in [-0.05, 0) is 6.92 Å². The summed E-state index contributed by atoms with van der Waals surface area (Å²) in [4.78, 5) is 0. The van der Waals surface area contributed by atoms with Crippen LogP contribution in [-0.2, 0) is 25.8 Å². The van der Waals surface area contributed by atoms with E-state index < -0.39 is 0 Å². The van der Waals surface area contributed by atoms with Crippen LogP contribution in [0.15, 0.2) is 48.5 Å². The van der Waals surface area contributed by atoms with Crippen molar-refractivity contribution in [1.29, 1.82) is 0 Å². The fraction of sp³-hybridized carbons (Fsp3) is 0.0833. The average molecular weight is 405 g/mol. The summed E-state index contributed by atoms with van der Waals surface area (Å²) in [6, 6.07) is 17.0. The fourth-order valence-corrected chi connectivity index (χ4v) is 1.39. The van der Waals surface area contributed by atoms with Gasteiger partial charge in [-0.3, -0.25) is 0 Å². The van der Waals surface area contributed by atoms with E-state index >= 15 is 0 Å². The molecule has 0 radical (unpaired) electrons. The van der Waals surface area contributed by atoms with E-state index in [9.17, 15) is 0 Å². The molecule has 80 valence electrons. The van der Waals surface area contributed by atoms with Crippen LogP contribution in [0.3, 0.4) is 0 Å². The van der Waals surface area contributed by atoms with Crippen molar-refractivity contribution < 1.29 is 50.7 Å². The first-order valence-electron chi connectivity index (χ1n) is 4.15. The maximum Gasteiger partial charge on any atom is 0 e.